The molecule has 88 valence electrons. The van der Waals surface area contributed by atoms with Crippen LogP contribution in [-0.4, -0.2) is 19.3 Å². The van der Waals surface area contributed by atoms with E-state index in [9.17, 15) is 0 Å². The second kappa shape index (κ2) is 5.69. The van der Waals surface area contributed by atoms with Crippen LogP contribution in [0, 0.1) is 6.92 Å². The van der Waals surface area contributed by atoms with Gasteiger partial charge >= 0.3 is 0 Å². The van der Waals surface area contributed by atoms with E-state index in [-0.39, 0.29) is 0 Å². The first-order valence-electron chi connectivity index (χ1n) is 5.86. The van der Waals surface area contributed by atoms with E-state index in [1.54, 1.807) is 0 Å². The van der Waals surface area contributed by atoms with E-state index >= 15 is 0 Å². The zero-order valence-corrected chi connectivity index (χ0v) is 11.2. The average molecular weight is 284 g/mol. The molecule has 0 aliphatic carbocycles. The van der Waals surface area contributed by atoms with Gasteiger partial charge < -0.3 is 10.1 Å². The topological polar surface area (TPSA) is 21.3 Å². The van der Waals surface area contributed by atoms with Crippen LogP contribution in [0.1, 0.15) is 24.8 Å². The summed E-state index contributed by atoms with van der Waals surface area (Å²) in [6.07, 6.45) is 3.47. The number of hydrogen-bond donors (Lipinski definition) is 1. The molecule has 1 aliphatic rings. The molecule has 3 heteroatoms. The number of ether oxygens (including phenoxy) is 1. The molecule has 1 N–H and O–H groups in total. The molecule has 0 bridgehead atoms. The standard InChI is InChI=1S/C13H18BrNO/c1-10-9-11(14)4-5-13(10)15-12-3-2-7-16-8-6-12/h4-5,9,12,15H,2-3,6-8H2,1H3. The molecule has 0 saturated carbocycles. The van der Waals surface area contributed by atoms with Crippen molar-refractivity contribution in [2.24, 2.45) is 0 Å². The first-order chi connectivity index (χ1) is 7.75. The lowest BCUT2D eigenvalue weighted by Gasteiger charge is -2.18. The van der Waals surface area contributed by atoms with E-state index < -0.39 is 0 Å². The quantitative estimate of drug-likeness (QED) is 0.893. The molecule has 2 nitrogen and oxygen atoms in total. The monoisotopic (exact) mass is 283 g/mol. The summed E-state index contributed by atoms with van der Waals surface area (Å²) in [6, 6.07) is 6.94. The van der Waals surface area contributed by atoms with Crippen LogP contribution in [0.25, 0.3) is 0 Å². The Morgan fingerprint density at radius 2 is 2.19 bits per heavy atom. The Hall–Kier alpha value is -0.540. The normalized spacial score (nSPS) is 21.5. The third-order valence-corrected chi connectivity index (χ3v) is 3.49. The van der Waals surface area contributed by atoms with Crippen molar-refractivity contribution < 1.29 is 4.74 Å². The van der Waals surface area contributed by atoms with Gasteiger partial charge in [-0.1, -0.05) is 15.9 Å². The second-order valence-electron chi connectivity index (χ2n) is 4.34. The average Bonchev–Trinajstić information content (AvgIpc) is 2.51. The molecule has 1 heterocycles. The van der Waals surface area contributed by atoms with Crippen LogP contribution < -0.4 is 5.32 Å². The minimum Gasteiger partial charge on any atom is -0.382 e. The lowest BCUT2D eigenvalue weighted by molar-refractivity contribution is 0.144. The molecule has 2 rings (SSSR count). The summed E-state index contributed by atoms with van der Waals surface area (Å²) >= 11 is 3.49. The summed E-state index contributed by atoms with van der Waals surface area (Å²) in [6.45, 7) is 3.94. The predicted octanol–water partition coefficient (Wildman–Crippen LogP) is 3.74. The number of benzene rings is 1. The van der Waals surface area contributed by atoms with Gasteiger partial charge in [-0.15, -0.1) is 0 Å². The van der Waals surface area contributed by atoms with Gasteiger partial charge in [-0.2, -0.15) is 0 Å². The van der Waals surface area contributed by atoms with Gasteiger partial charge in [0.05, 0.1) is 0 Å². The molecule has 0 aromatic heterocycles. The van der Waals surface area contributed by atoms with Crippen molar-refractivity contribution in [2.75, 3.05) is 18.5 Å². The van der Waals surface area contributed by atoms with E-state index in [4.69, 9.17) is 4.74 Å². The Balaban J connectivity index is 2.01. The Bertz CT molecular complexity index is 346. The molecule has 0 spiro atoms. The van der Waals surface area contributed by atoms with Gasteiger partial charge in [-0.3, -0.25) is 0 Å². The highest BCUT2D eigenvalue weighted by Crippen LogP contribution is 2.22. The van der Waals surface area contributed by atoms with Crippen LogP contribution in [0.2, 0.25) is 0 Å². The van der Waals surface area contributed by atoms with Crippen LogP contribution in [0.3, 0.4) is 0 Å². The lowest BCUT2D eigenvalue weighted by Crippen LogP contribution is -2.20. The fourth-order valence-corrected chi connectivity index (χ4v) is 2.53. The van der Waals surface area contributed by atoms with Gasteiger partial charge in [-0.05, 0) is 49.9 Å². The van der Waals surface area contributed by atoms with Crippen LogP contribution in [0.5, 0.6) is 0 Å². The maximum Gasteiger partial charge on any atom is 0.0485 e. The Morgan fingerprint density at radius 3 is 3.00 bits per heavy atom. The van der Waals surface area contributed by atoms with Crippen molar-refractivity contribution in [3.8, 4) is 0 Å². The minimum absolute atomic E-state index is 0.558. The van der Waals surface area contributed by atoms with E-state index in [1.165, 1.54) is 17.7 Å². The first-order valence-corrected chi connectivity index (χ1v) is 6.65. The Morgan fingerprint density at radius 1 is 1.31 bits per heavy atom. The molecule has 1 atom stereocenters. The first kappa shape index (κ1) is 11.9. The van der Waals surface area contributed by atoms with Crippen molar-refractivity contribution in [1.82, 2.24) is 0 Å². The SMILES string of the molecule is Cc1cc(Br)ccc1NC1CCCOCC1. The maximum atomic E-state index is 5.46. The second-order valence-corrected chi connectivity index (χ2v) is 5.26. The Kier molecular flexibility index (Phi) is 4.24. The van der Waals surface area contributed by atoms with E-state index in [1.807, 2.05) is 0 Å². The number of aryl methyl sites for hydroxylation is 1. The van der Waals surface area contributed by atoms with Crippen molar-refractivity contribution in [3.63, 3.8) is 0 Å². The lowest BCUT2D eigenvalue weighted by atomic mass is 10.1. The summed E-state index contributed by atoms with van der Waals surface area (Å²) in [4.78, 5) is 0. The Labute approximate surface area is 106 Å². The molecular weight excluding hydrogens is 266 g/mol. The van der Waals surface area contributed by atoms with E-state index in [0.29, 0.717) is 6.04 Å². The number of anilines is 1. The maximum absolute atomic E-state index is 5.46. The highest BCUT2D eigenvalue weighted by atomic mass is 79.9. The van der Waals surface area contributed by atoms with Gasteiger partial charge in [0.1, 0.15) is 0 Å². The van der Waals surface area contributed by atoms with Crippen molar-refractivity contribution in [2.45, 2.75) is 32.2 Å². The summed E-state index contributed by atoms with van der Waals surface area (Å²) in [7, 11) is 0. The van der Waals surface area contributed by atoms with E-state index in [2.05, 4.69) is 46.4 Å². The molecule has 1 saturated heterocycles. The van der Waals surface area contributed by atoms with Gasteiger partial charge in [0, 0.05) is 29.4 Å². The van der Waals surface area contributed by atoms with Crippen molar-refractivity contribution in [1.29, 1.82) is 0 Å². The number of hydrogen-bond acceptors (Lipinski definition) is 2. The minimum atomic E-state index is 0.558. The third kappa shape index (κ3) is 3.22. The number of rotatable bonds is 2. The predicted molar refractivity (Wildman–Crippen MR) is 71.0 cm³/mol. The van der Waals surface area contributed by atoms with Crippen LogP contribution >= 0.6 is 15.9 Å². The molecule has 0 amide bonds. The number of halogens is 1. The summed E-state index contributed by atoms with van der Waals surface area (Å²) in [5.74, 6) is 0. The molecule has 1 unspecified atom stereocenters. The largest absolute Gasteiger partial charge is 0.382 e. The molecule has 1 fully saturated rings. The van der Waals surface area contributed by atoms with Gasteiger partial charge in [0.15, 0.2) is 0 Å². The zero-order valence-electron chi connectivity index (χ0n) is 9.63. The van der Waals surface area contributed by atoms with Crippen molar-refractivity contribution in [3.05, 3.63) is 28.2 Å². The molecule has 1 aromatic carbocycles. The van der Waals surface area contributed by atoms with Crippen LogP contribution in [0.15, 0.2) is 22.7 Å². The van der Waals surface area contributed by atoms with Crippen LogP contribution in [0.4, 0.5) is 5.69 Å². The molecule has 16 heavy (non-hydrogen) atoms. The zero-order chi connectivity index (χ0) is 11.4. The molecule has 1 aromatic rings. The van der Waals surface area contributed by atoms with Crippen LogP contribution in [-0.2, 0) is 4.74 Å². The van der Waals surface area contributed by atoms with Gasteiger partial charge in [0.2, 0.25) is 0 Å². The van der Waals surface area contributed by atoms with Crippen molar-refractivity contribution >= 4 is 21.6 Å². The molecule has 1 aliphatic heterocycles. The summed E-state index contributed by atoms with van der Waals surface area (Å²) in [5, 5.41) is 3.62. The van der Waals surface area contributed by atoms with Gasteiger partial charge in [0.25, 0.3) is 0 Å². The smallest absolute Gasteiger partial charge is 0.0485 e. The molecular formula is C13H18BrNO. The number of nitrogens with one attached hydrogen (secondary N) is 1. The summed E-state index contributed by atoms with van der Waals surface area (Å²) in [5.41, 5.74) is 2.54. The van der Waals surface area contributed by atoms with Gasteiger partial charge in [-0.25, -0.2) is 0 Å². The highest BCUT2D eigenvalue weighted by molar-refractivity contribution is 9.10. The highest BCUT2D eigenvalue weighted by Gasteiger charge is 2.12. The third-order valence-electron chi connectivity index (χ3n) is 3.00. The fraction of sp³-hybridized carbons (Fsp3) is 0.538. The summed E-state index contributed by atoms with van der Waals surface area (Å²) < 4.78 is 6.60. The molecule has 0 radical (unpaired) electrons. The fourth-order valence-electron chi connectivity index (χ4n) is 2.06. The van der Waals surface area contributed by atoms with E-state index in [0.717, 1.165) is 30.5 Å².